The molecule has 0 amide bonds. The van der Waals surface area contributed by atoms with Crippen molar-refractivity contribution in [1.29, 1.82) is 0 Å². The highest BCUT2D eigenvalue weighted by atomic mass is 35.5. The second-order valence-electron chi connectivity index (χ2n) is 4.23. The van der Waals surface area contributed by atoms with E-state index < -0.39 is 0 Å². The maximum atomic E-state index is 6.03. The summed E-state index contributed by atoms with van der Waals surface area (Å²) in [7, 11) is 0. The monoisotopic (exact) mass is 248 g/mol. The number of hydrogen-bond donors (Lipinski definition) is 1. The average Bonchev–Trinajstić information content (AvgIpc) is 2.76. The van der Waals surface area contributed by atoms with Crippen molar-refractivity contribution >= 4 is 11.6 Å². The smallest absolute Gasteiger partial charge is 0.164 e. The number of halogens is 1. The van der Waals surface area contributed by atoms with Crippen LogP contribution in [0.4, 0.5) is 0 Å². The van der Waals surface area contributed by atoms with E-state index in [2.05, 4.69) is 26.1 Å². The van der Waals surface area contributed by atoms with E-state index >= 15 is 0 Å². The zero-order chi connectivity index (χ0) is 11.8. The van der Waals surface area contributed by atoms with Crippen molar-refractivity contribution in [2.75, 3.05) is 6.54 Å². The van der Waals surface area contributed by atoms with E-state index in [1.165, 1.54) is 0 Å². The van der Waals surface area contributed by atoms with Gasteiger partial charge in [-0.3, -0.25) is 0 Å². The summed E-state index contributed by atoms with van der Waals surface area (Å²) in [5.41, 5.74) is 2.14. The molecule has 2 heterocycles. The van der Waals surface area contributed by atoms with Crippen LogP contribution in [0.1, 0.15) is 11.4 Å². The molecule has 0 saturated carbocycles. The van der Waals surface area contributed by atoms with E-state index in [0.29, 0.717) is 0 Å². The highest BCUT2D eigenvalue weighted by Gasteiger charge is 2.16. The summed E-state index contributed by atoms with van der Waals surface area (Å²) in [6, 6.07) is 5.96. The topological polar surface area (TPSA) is 42.7 Å². The third kappa shape index (κ3) is 1.83. The van der Waals surface area contributed by atoms with Crippen molar-refractivity contribution in [3.05, 3.63) is 34.6 Å². The number of aromatic nitrogens is 3. The Morgan fingerprint density at radius 2 is 2.24 bits per heavy atom. The Labute approximate surface area is 105 Å². The Kier molecular flexibility index (Phi) is 2.61. The first-order chi connectivity index (χ1) is 8.25. The van der Waals surface area contributed by atoms with Crippen molar-refractivity contribution in [1.82, 2.24) is 20.1 Å². The molecule has 17 heavy (non-hydrogen) atoms. The van der Waals surface area contributed by atoms with Gasteiger partial charge in [0.2, 0.25) is 0 Å². The molecular weight excluding hydrogens is 236 g/mol. The molecule has 0 radical (unpaired) electrons. The molecule has 0 unspecified atom stereocenters. The van der Waals surface area contributed by atoms with Crippen molar-refractivity contribution < 1.29 is 0 Å². The Morgan fingerprint density at radius 3 is 3.06 bits per heavy atom. The number of rotatable bonds is 1. The minimum Gasteiger partial charge on any atom is -0.309 e. The van der Waals surface area contributed by atoms with Crippen LogP contribution in [0.5, 0.6) is 0 Å². The van der Waals surface area contributed by atoms with Crippen molar-refractivity contribution in [2.24, 2.45) is 0 Å². The van der Waals surface area contributed by atoms with E-state index in [-0.39, 0.29) is 0 Å². The van der Waals surface area contributed by atoms with Crippen LogP contribution in [0.2, 0.25) is 5.02 Å². The number of hydrogen-bond acceptors (Lipinski definition) is 3. The largest absolute Gasteiger partial charge is 0.309 e. The van der Waals surface area contributed by atoms with Crippen molar-refractivity contribution in [3.8, 4) is 11.4 Å². The zero-order valence-electron chi connectivity index (χ0n) is 9.57. The molecule has 0 bridgehead atoms. The molecule has 1 aliphatic heterocycles. The Balaban J connectivity index is 2.09. The SMILES string of the molecule is Cc1cc(-c2nnc3n2CCNC3)ccc1Cl. The molecule has 3 rings (SSSR count). The van der Waals surface area contributed by atoms with Gasteiger partial charge in [0.25, 0.3) is 0 Å². The fourth-order valence-electron chi connectivity index (χ4n) is 2.09. The zero-order valence-corrected chi connectivity index (χ0v) is 10.3. The number of aryl methyl sites for hydroxylation is 1. The second kappa shape index (κ2) is 4.13. The molecule has 5 heteroatoms. The first kappa shape index (κ1) is 10.7. The Bertz CT molecular complexity index is 562. The molecule has 0 spiro atoms. The second-order valence-corrected chi connectivity index (χ2v) is 4.64. The normalized spacial score (nSPS) is 14.7. The molecule has 0 aliphatic carbocycles. The summed E-state index contributed by atoms with van der Waals surface area (Å²) in [4.78, 5) is 0. The van der Waals surface area contributed by atoms with Gasteiger partial charge in [-0.05, 0) is 30.7 Å². The van der Waals surface area contributed by atoms with Crippen LogP contribution < -0.4 is 5.32 Å². The molecule has 88 valence electrons. The van der Waals surface area contributed by atoms with Gasteiger partial charge in [-0.2, -0.15) is 0 Å². The highest BCUT2D eigenvalue weighted by Crippen LogP contribution is 2.24. The fraction of sp³-hybridized carbons (Fsp3) is 0.333. The molecule has 0 atom stereocenters. The maximum absolute atomic E-state index is 6.03. The van der Waals surface area contributed by atoms with Crippen molar-refractivity contribution in [2.45, 2.75) is 20.0 Å². The summed E-state index contributed by atoms with van der Waals surface area (Å²) in [5.74, 6) is 1.93. The maximum Gasteiger partial charge on any atom is 0.164 e. The van der Waals surface area contributed by atoms with Crippen LogP contribution in [0.3, 0.4) is 0 Å². The minimum atomic E-state index is 0.786. The molecule has 1 aromatic carbocycles. The quantitative estimate of drug-likeness (QED) is 0.840. The highest BCUT2D eigenvalue weighted by molar-refractivity contribution is 6.31. The number of benzene rings is 1. The molecule has 0 saturated heterocycles. The standard InChI is InChI=1S/C12H13ClN4/c1-8-6-9(2-3-10(8)13)12-16-15-11-7-14-4-5-17(11)12/h2-3,6,14H,4-5,7H2,1H3. The molecular formula is C12H13ClN4. The van der Waals surface area contributed by atoms with Gasteiger partial charge in [0.05, 0.1) is 6.54 Å². The summed E-state index contributed by atoms with van der Waals surface area (Å²) in [6.45, 7) is 4.67. The fourth-order valence-corrected chi connectivity index (χ4v) is 2.21. The first-order valence-electron chi connectivity index (χ1n) is 5.65. The molecule has 4 nitrogen and oxygen atoms in total. The van der Waals surface area contributed by atoms with E-state index in [1.54, 1.807) is 0 Å². The molecule has 0 fully saturated rings. The van der Waals surface area contributed by atoms with E-state index in [4.69, 9.17) is 11.6 Å². The minimum absolute atomic E-state index is 0.786. The van der Waals surface area contributed by atoms with Crippen LogP contribution >= 0.6 is 11.6 Å². The van der Waals surface area contributed by atoms with Gasteiger partial charge < -0.3 is 9.88 Å². The molecule has 1 aromatic heterocycles. The van der Waals surface area contributed by atoms with Gasteiger partial charge in [0.1, 0.15) is 5.82 Å². The van der Waals surface area contributed by atoms with Gasteiger partial charge in [0.15, 0.2) is 5.82 Å². The predicted octanol–water partition coefficient (Wildman–Crippen LogP) is 2.01. The first-order valence-corrected chi connectivity index (χ1v) is 6.03. The van der Waals surface area contributed by atoms with E-state index in [9.17, 15) is 0 Å². The lowest BCUT2D eigenvalue weighted by atomic mass is 10.1. The lowest BCUT2D eigenvalue weighted by Crippen LogP contribution is -2.28. The van der Waals surface area contributed by atoms with Gasteiger partial charge in [-0.1, -0.05) is 11.6 Å². The van der Waals surface area contributed by atoms with Crippen LogP contribution in [0.15, 0.2) is 18.2 Å². The Morgan fingerprint density at radius 1 is 1.35 bits per heavy atom. The van der Waals surface area contributed by atoms with Crippen LogP contribution in [-0.4, -0.2) is 21.3 Å². The van der Waals surface area contributed by atoms with Gasteiger partial charge in [-0.25, -0.2) is 0 Å². The molecule has 1 aliphatic rings. The van der Waals surface area contributed by atoms with Crippen LogP contribution in [0.25, 0.3) is 11.4 Å². The number of nitrogens with zero attached hydrogens (tertiary/aromatic N) is 3. The van der Waals surface area contributed by atoms with E-state index in [0.717, 1.165) is 47.4 Å². The number of fused-ring (bicyclic) bond motifs is 1. The van der Waals surface area contributed by atoms with E-state index in [1.807, 2.05) is 19.1 Å². The summed E-state index contributed by atoms with van der Waals surface area (Å²) in [6.07, 6.45) is 0. The molecule has 1 N–H and O–H groups in total. The van der Waals surface area contributed by atoms with Crippen molar-refractivity contribution in [3.63, 3.8) is 0 Å². The van der Waals surface area contributed by atoms with Crippen LogP contribution in [0, 0.1) is 6.92 Å². The molecule has 2 aromatic rings. The van der Waals surface area contributed by atoms with Crippen LogP contribution in [-0.2, 0) is 13.1 Å². The van der Waals surface area contributed by atoms with Gasteiger partial charge >= 0.3 is 0 Å². The summed E-state index contributed by atoms with van der Waals surface area (Å²) >= 11 is 6.03. The average molecular weight is 249 g/mol. The predicted molar refractivity (Wildman–Crippen MR) is 66.9 cm³/mol. The summed E-state index contributed by atoms with van der Waals surface area (Å²) in [5, 5.41) is 12.5. The lowest BCUT2D eigenvalue weighted by Gasteiger charge is -2.16. The lowest BCUT2D eigenvalue weighted by molar-refractivity contribution is 0.508. The van der Waals surface area contributed by atoms with Gasteiger partial charge in [0, 0.05) is 23.7 Å². The van der Waals surface area contributed by atoms with Gasteiger partial charge in [-0.15, -0.1) is 10.2 Å². The Hall–Kier alpha value is -1.39. The number of nitrogens with one attached hydrogen (secondary N) is 1. The third-order valence-corrected chi connectivity index (χ3v) is 3.46. The third-order valence-electron chi connectivity index (χ3n) is 3.04. The summed E-state index contributed by atoms with van der Waals surface area (Å²) < 4.78 is 2.17.